The molecular formula is C12H22N2O2. The van der Waals surface area contributed by atoms with Gasteiger partial charge >= 0.3 is 0 Å². The van der Waals surface area contributed by atoms with Crippen molar-refractivity contribution in [3.05, 3.63) is 17.8 Å². The van der Waals surface area contributed by atoms with Crippen molar-refractivity contribution in [3.63, 3.8) is 0 Å². The Bertz CT molecular complexity index is 284. The number of nitrogens with one attached hydrogen (secondary N) is 1. The van der Waals surface area contributed by atoms with Crippen molar-refractivity contribution in [1.29, 1.82) is 0 Å². The lowest BCUT2D eigenvalue weighted by Crippen LogP contribution is -2.22. The molecule has 1 N–H and O–H groups in total. The summed E-state index contributed by atoms with van der Waals surface area (Å²) >= 11 is 0. The van der Waals surface area contributed by atoms with Crippen LogP contribution in [0.15, 0.2) is 10.6 Å². The standard InChI is InChI=1S/C12H22N2O2/c1-4-15-9-11-8-14-12(16-11)5-6-13-7-10(2)3/h8,10,13H,4-7,9H2,1-3H3. The first-order chi connectivity index (χ1) is 7.72. The normalized spacial score (nSPS) is 11.2. The Morgan fingerprint density at radius 3 is 3.00 bits per heavy atom. The minimum Gasteiger partial charge on any atom is -0.443 e. The van der Waals surface area contributed by atoms with Crippen molar-refractivity contribution in [2.24, 2.45) is 5.92 Å². The lowest BCUT2D eigenvalue weighted by Gasteiger charge is -2.05. The van der Waals surface area contributed by atoms with Crippen LogP contribution in [0.1, 0.15) is 32.4 Å². The van der Waals surface area contributed by atoms with Crippen LogP contribution in [-0.4, -0.2) is 24.7 Å². The molecule has 0 bridgehead atoms. The molecule has 0 saturated heterocycles. The molecule has 0 aliphatic heterocycles. The summed E-state index contributed by atoms with van der Waals surface area (Å²) in [6, 6.07) is 0. The van der Waals surface area contributed by atoms with Crippen molar-refractivity contribution in [2.75, 3.05) is 19.7 Å². The molecule has 1 heterocycles. The molecule has 0 unspecified atom stereocenters. The number of hydrogen-bond donors (Lipinski definition) is 1. The smallest absolute Gasteiger partial charge is 0.195 e. The minimum atomic E-state index is 0.517. The molecule has 0 atom stereocenters. The van der Waals surface area contributed by atoms with Gasteiger partial charge in [-0.25, -0.2) is 4.98 Å². The number of hydrogen-bond acceptors (Lipinski definition) is 4. The Balaban J connectivity index is 2.19. The molecule has 0 spiro atoms. The third-order valence-electron chi connectivity index (χ3n) is 2.12. The number of rotatable bonds is 8. The molecule has 1 aromatic rings. The molecule has 4 nitrogen and oxygen atoms in total. The van der Waals surface area contributed by atoms with Crippen molar-refractivity contribution in [1.82, 2.24) is 10.3 Å². The fraction of sp³-hybridized carbons (Fsp3) is 0.750. The van der Waals surface area contributed by atoms with E-state index in [0.717, 1.165) is 31.2 Å². The molecule has 0 aliphatic rings. The van der Waals surface area contributed by atoms with Crippen molar-refractivity contribution >= 4 is 0 Å². The van der Waals surface area contributed by atoms with Gasteiger partial charge in [0.15, 0.2) is 5.89 Å². The van der Waals surface area contributed by atoms with Gasteiger partial charge in [-0.2, -0.15) is 0 Å². The van der Waals surface area contributed by atoms with Gasteiger partial charge in [0.05, 0.1) is 6.20 Å². The van der Waals surface area contributed by atoms with E-state index in [1.807, 2.05) is 6.92 Å². The van der Waals surface area contributed by atoms with Crippen molar-refractivity contribution < 1.29 is 9.15 Å². The maximum Gasteiger partial charge on any atom is 0.195 e. The van der Waals surface area contributed by atoms with Crippen molar-refractivity contribution in [3.8, 4) is 0 Å². The topological polar surface area (TPSA) is 47.3 Å². The fourth-order valence-electron chi connectivity index (χ4n) is 1.32. The summed E-state index contributed by atoms with van der Waals surface area (Å²) in [5.74, 6) is 2.27. The second-order valence-electron chi connectivity index (χ2n) is 4.21. The monoisotopic (exact) mass is 226 g/mol. The highest BCUT2D eigenvalue weighted by Gasteiger charge is 2.03. The van der Waals surface area contributed by atoms with Gasteiger partial charge in [0.25, 0.3) is 0 Å². The van der Waals surface area contributed by atoms with Gasteiger partial charge in [0.2, 0.25) is 0 Å². The lowest BCUT2D eigenvalue weighted by molar-refractivity contribution is 0.117. The Morgan fingerprint density at radius 1 is 1.50 bits per heavy atom. The summed E-state index contributed by atoms with van der Waals surface area (Å²) in [5, 5.41) is 3.35. The van der Waals surface area contributed by atoms with Crippen LogP contribution in [0.5, 0.6) is 0 Å². The third-order valence-corrected chi connectivity index (χ3v) is 2.12. The van der Waals surface area contributed by atoms with Crippen LogP contribution in [-0.2, 0) is 17.8 Å². The van der Waals surface area contributed by atoms with Gasteiger partial charge in [-0.05, 0) is 19.4 Å². The predicted octanol–water partition coefficient (Wildman–Crippen LogP) is 2.00. The van der Waals surface area contributed by atoms with E-state index in [-0.39, 0.29) is 0 Å². The van der Waals surface area contributed by atoms with E-state index in [1.54, 1.807) is 6.20 Å². The van der Waals surface area contributed by atoms with Crippen LogP contribution in [0.3, 0.4) is 0 Å². The van der Waals surface area contributed by atoms with Gasteiger partial charge in [-0.15, -0.1) is 0 Å². The van der Waals surface area contributed by atoms with E-state index >= 15 is 0 Å². The summed E-state index contributed by atoms with van der Waals surface area (Å²) in [5.41, 5.74) is 0. The maximum atomic E-state index is 5.52. The highest BCUT2D eigenvalue weighted by atomic mass is 16.5. The average molecular weight is 226 g/mol. The minimum absolute atomic E-state index is 0.517. The molecule has 0 aromatic carbocycles. The number of oxazole rings is 1. The number of ether oxygens (including phenoxy) is 1. The second kappa shape index (κ2) is 7.41. The highest BCUT2D eigenvalue weighted by Crippen LogP contribution is 2.05. The van der Waals surface area contributed by atoms with E-state index in [1.165, 1.54) is 0 Å². The first-order valence-corrected chi connectivity index (χ1v) is 5.94. The zero-order valence-electron chi connectivity index (χ0n) is 10.5. The molecule has 4 heteroatoms. The van der Waals surface area contributed by atoms with Crippen LogP contribution < -0.4 is 5.32 Å². The van der Waals surface area contributed by atoms with Crippen LogP contribution >= 0.6 is 0 Å². The molecule has 16 heavy (non-hydrogen) atoms. The average Bonchev–Trinajstić information content (AvgIpc) is 2.69. The molecule has 0 saturated carbocycles. The zero-order chi connectivity index (χ0) is 11.8. The van der Waals surface area contributed by atoms with Crippen LogP contribution in [0.4, 0.5) is 0 Å². The van der Waals surface area contributed by atoms with Gasteiger partial charge in [0, 0.05) is 19.6 Å². The molecule has 0 aliphatic carbocycles. The summed E-state index contributed by atoms with van der Waals surface area (Å²) < 4.78 is 10.8. The molecule has 0 amide bonds. The Morgan fingerprint density at radius 2 is 2.31 bits per heavy atom. The second-order valence-corrected chi connectivity index (χ2v) is 4.21. The van der Waals surface area contributed by atoms with Gasteiger partial charge < -0.3 is 14.5 Å². The van der Waals surface area contributed by atoms with E-state index < -0.39 is 0 Å². The van der Waals surface area contributed by atoms with Crippen LogP contribution in [0.25, 0.3) is 0 Å². The number of aromatic nitrogens is 1. The van der Waals surface area contributed by atoms with E-state index in [9.17, 15) is 0 Å². The van der Waals surface area contributed by atoms with Gasteiger partial charge in [-0.1, -0.05) is 13.8 Å². The molecule has 0 fully saturated rings. The quantitative estimate of drug-likeness (QED) is 0.689. The summed E-state index contributed by atoms with van der Waals surface area (Å²) in [6.45, 7) is 9.51. The fourth-order valence-corrected chi connectivity index (χ4v) is 1.32. The number of nitrogens with zero attached hydrogens (tertiary/aromatic N) is 1. The Kier molecular flexibility index (Phi) is 6.11. The molecule has 0 radical (unpaired) electrons. The maximum absolute atomic E-state index is 5.52. The van der Waals surface area contributed by atoms with Gasteiger partial charge in [0.1, 0.15) is 12.4 Å². The lowest BCUT2D eigenvalue weighted by atomic mass is 10.2. The Hall–Kier alpha value is -0.870. The van der Waals surface area contributed by atoms with Crippen LogP contribution in [0.2, 0.25) is 0 Å². The molecular weight excluding hydrogens is 204 g/mol. The van der Waals surface area contributed by atoms with Crippen LogP contribution in [0, 0.1) is 5.92 Å². The van der Waals surface area contributed by atoms with E-state index in [2.05, 4.69) is 24.1 Å². The first-order valence-electron chi connectivity index (χ1n) is 5.94. The predicted molar refractivity (Wildman–Crippen MR) is 63.2 cm³/mol. The molecule has 1 rings (SSSR count). The summed E-state index contributed by atoms with van der Waals surface area (Å²) in [6.07, 6.45) is 2.58. The largest absolute Gasteiger partial charge is 0.443 e. The summed E-state index contributed by atoms with van der Waals surface area (Å²) in [7, 11) is 0. The Labute approximate surface area is 97.4 Å². The first kappa shape index (κ1) is 13.2. The SMILES string of the molecule is CCOCc1cnc(CCNCC(C)C)o1. The highest BCUT2D eigenvalue weighted by molar-refractivity contribution is 4.92. The third kappa shape index (κ3) is 5.28. The van der Waals surface area contributed by atoms with E-state index in [4.69, 9.17) is 9.15 Å². The molecule has 1 aromatic heterocycles. The molecule has 92 valence electrons. The zero-order valence-corrected chi connectivity index (χ0v) is 10.5. The summed E-state index contributed by atoms with van der Waals surface area (Å²) in [4.78, 5) is 4.20. The van der Waals surface area contributed by atoms with Gasteiger partial charge in [-0.3, -0.25) is 0 Å². The van der Waals surface area contributed by atoms with Crippen molar-refractivity contribution in [2.45, 2.75) is 33.8 Å². The van der Waals surface area contributed by atoms with E-state index in [0.29, 0.717) is 19.1 Å².